The molecule has 0 aromatic carbocycles. The SMILES string of the molecule is COC1(CN2CCC(=O)N3CCCCC3C2=O)CCC1. The van der Waals surface area contributed by atoms with Crippen LogP contribution in [0.15, 0.2) is 0 Å². The molecule has 1 aliphatic carbocycles. The topological polar surface area (TPSA) is 49.9 Å². The Morgan fingerprint density at radius 1 is 1.20 bits per heavy atom. The Hall–Kier alpha value is -1.10. The standard InChI is InChI=1S/C15H24N2O3/c1-20-15(7-4-8-15)11-16-10-6-13(18)17-9-3-2-5-12(17)14(16)19/h12H,2-11H2,1H3. The fourth-order valence-electron chi connectivity index (χ4n) is 3.68. The molecule has 1 saturated carbocycles. The number of carbonyl (C=O) groups is 2. The second-order valence-electron chi connectivity index (χ2n) is 6.35. The largest absolute Gasteiger partial charge is 0.376 e. The number of fused-ring (bicyclic) bond motifs is 1. The lowest BCUT2D eigenvalue weighted by Gasteiger charge is -2.44. The van der Waals surface area contributed by atoms with E-state index in [9.17, 15) is 9.59 Å². The van der Waals surface area contributed by atoms with Crippen LogP contribution in [0.4, 0.5) is 0 Å². The van der Waals surface area contributed by atoms with E-state index in [0.29, 0.717) is 19.5 Å². The Morgan fingerprint density at radius 3 is 2.65 bits per heavy atom. The Labute approximate surface area is 120 Å². The number of piperidine rings is 1. The molecule has 0 spiro atoms. The van der Waals surface area contributed by atoms with Gasteiger partial charge in [-0.2, -0.15) is 0 Å². The maximum Gasteiger partial charge on any atom is 0.245 e. The highest BCUT2D eigenvalue weighted by Crippen LogP contribution is 2.36. The van der Waals surface area contributed by atoms with Gasteiger partial charge in [0.1, 0.15) is 6.04 Å². The van der Waals surface area contributed by atoms with E-state index in [1.54, 1.807) is 7.11 Å². The van der Waals surface area contributed by atoms with Crippen LogP contribution in [0.1, 0.15) is 44.9 Å². The third-order valence-electron chi connectivity index (χ3n) is 5.19. The number of ether oxygens (including phenoxy) is 1. The maximum absolute atomic E-state index is 12.7. The summed E-state index contributed by atoms with van der Waals surface area (Å²) in [5.74, 6) is 0.282. The van der Waals surface area contributed by atoms with Crippen molar-refractivity contribution < 1.29 is 14.3 Å². The number of hydrogen-bond acceptors (Lipinski definition) is 3. The third-order valence-corrected chi connectivity index (χ3v) is 5.19. The van der Waals surface area contributed by atoms with Crippen molar-refractivity contribution in [3.05, 3.63) is 0 Å². The lowest BCUT2D eigenvalue weighted by molar-refractivity contribution is -0.148. The average Bonchev–Trinajstić information content (AvgIpc) is 2.55. The summed E-state index contributed by atoms with van der Waals surface area (Å²) in [6.45, 7) is 1.95. The van der Waals surface area contributed by atoms with E-state index in [0.717, 1.165) is 38.6 Å². The second kappa shape index (κ2) is 5.35. The molecule has 2 saturated heterocycles. The van der Waals surface area contributed by atoms with Crippen LogP contribution in [-0.4, -0.2) is 60.0 Å². The molecule has 1 atom stereocenters. The third kappa shape index (κ3) is 2.32. The molecule has 0 radical (unpaired) electrons. The summed E-state index contributed by atoms with van der Waals surface area (Å²) in [6.07, 6.45) is 6.57. The minimum atomic E-state index is -0.215. The zero-order valence-corrected chi connectivity index (χ0v) is 12.3. The molecule has 2 amide bonds. The van der Waals surface area contributed by atoms with Gasteiger partial charge in [-0.3, -0.25) is 9.59 Å². The van der Waals surface area contributed by atoms with Crippen LogP contribution in [0.5, 0.6) is 0 Å². The van der Waals surface area contributed by atoms with Gasteiger partial charge in [0, 0.05) is 33.2 Å². The zero-order chi connectivity index (χ0) is 14.2. The molecule has 1 unspecified atom stereocenters. The first-order valence-electron chi connectivity index (χ1n) is 7.79. The highest BCUT2D eigenvalue weighted by atomic mass is 16.5. The van der Waals surface area contributed by atoms with Gasteiger partial charge in [-0.1, -0.05) is 0 Å². The average molecular weight is 280 g/mol. The molecule has 2 heterocycles. The number of hydrogen-bond donors (Lipinski definition) is 0. The predicted octanol–water partition coefficient (Wildman–Crippen LogP) is 1.17. The Bertz CT molecular complexity index is 400. The zero-order valence-electron chi connectivity index (χ0n) is 12.3. The number of amides is 2. The van der Waals surface area contributed by atoms with Gasteiger partial charge in [-0.05, 0) is 38.5 Å². The molecule has 112 valence electrons. The van der Waals surface area contributed by atoms with Gasteiger partial charge in [0.2, 0.25) is 11.8 Å². The van der Waals surface area contributed by atoms with Gasteiger partial charge in [-0.15, -0.1) is 0 Å². The van der Waals surface area contributed by atoms with Crippen molar-refractivity contribution in [3.63, 3.8) is 0 Å². The van der Waals surface area contributed by atoms with Gasteiger partial charge in [0.05, 0.1) is 5.60 Å². The fraction of sp³-hybridized carbons (Fsp3) is 0.867. The van der Waals surface area contributed by atoms with Crippen molar-refractivity contribution in [1.29, 1.82) is 0 Å². The van der Waals surface area contributed by atoms with Crippen molar-refractivity contribution in [2.75, 3.05) is 26.7 Å². The van der Waals surface area contributed by atoms with Crippen molar-refractivity contribution in [2.45, 2.75) is 56.6 Å². The smallest absolute Gasteiger partial charge is 0.245 e. The first-order chi connectivity index (χ1) is 9.65. The van der Waals surface area contributed by atoms with Gasteiger partial charge in [0.15, 0.2) is 0 Å². The fourth-order valence-corrected chi connectivity index (χ4v) is 3.68. The van der Waals surface area contributed by atoms with Crippen LogP contribution < -0.4 is 0 Å². The van der Waals surface area contributed by atoms with E-state index in [2.05, 4.69) is 0 Å². The van der Waals surface area contributed by atoms with Crippen LogP contribution in [0, 0.1) is 0 Å². The summed E-state index contributed by atoms with van der Waals surface area (Å²) in [7, 11) is 1.74. The highest BCUT2D eigenvalue weighted by Gasteiger charge is 2.43. The highest BCUT2D eigenvalue weighted by molar-refractivity contribution is 5.90. The molecule has 2 aliphatic heterocycles. The van der Waals surface area contributed by atoms with Crippen LogP contribution in [-0.2, 0) is 14.3 Å². The summed E-state index contributed by atoms with van der Waals surface area (Å²) in [5, 5.41) is 0. The molecular weight excluding hydrogens is 256 g/mol. The summed E-state index contributed by atoms with van der Waals surface area (Å²) >= 11 is 0. The Balaban J connectivity index is 1.75. The number of rotatable bonds is 3. The number of nitrogens with zero attached hydrogens (tertiary/aromatic N) is 2. The summed E-state index contributed by atoms with van der Waals surface area (Å²) in [4.78, 5) is 28.6. The van der Waals surface area contributed by atoms with Crippen molar-refractivity contribution >= 4 is 11.8 Å². The maximum atomic E-state index is 12.7. The van der Waals surface area contributed by atoms with Crippen molar-refractivity contribution in [2.24, 2.45) is 0 Å². The Kier molecular flexibility index (Phi) is 3.71. The number of carbonyl (C=O) groups excluding carboxylic acids is 2. The van der Waals surface area contributed by atoms with Crippen LogP contribution in [0.3, 0.4) is 0 Å². The van der Waals surface area contributed by atoms with Gasteiger partial charge in [0.25, 0.3) is 0 Å². The molecule has 3 fully saturated rings. The van der Waals surface area contributed by atoms with Gasteiger partial charge >= 0.3 is 0 Å². The molecule has 5 heteroatoms. The minimum Gasteiger partial charge on any atom is -0.376 e. The first kappa shape index (κ1) is 13.9. The predicted molar refractivity (Wildman–Crippen MR) is 74.1 cm³/mol. The van der Waals surface area contributed by atoms with Crippen LogP contribution in [0.2, 0.25) is 0 Å². The van der Waals surface area contributed by atoms with E-state index >= 15 is 0 Å². The molecule has 3 rings (SSSR count). The summed E-state index contributed by atoms with van der Waals surface area (Å²) < 4.78 is 5.64. The molecular formula is C15H24N2O3. The second-order valence-corrected chi connectivity index (χ2v) is 6.35. The quantitative estimate of drug-likeness (QED) is 0.780. The molecule has 20 heavy (non-hydrogen) atoms. The van der Waals surface area contributed by atoms with E-state index in [4.69, 9.17) is 4.74 Å². The lowest BCUT2D eigenvalue weighted by Crippen LogP contribution is -2.55. The van der Waals surface area contributed by atoms with Crippen LogP contribution >= 0.6 is 0 Å². The molecule has 0 N–H and O–H groups in total. The van der Waals surface area contributed by atoms with Crippen molar-refractivity contribution in [3.8, 4) is 0 Å². The molecule has 0 aromatic heterocycles. The summed E-state index contributed by atoms with van der Waals surface area (Å²) in [6, 6.07) is -0.215. The van der Waals surface area contributed by atoms with E-state index in [-0.39, 0.29) is 23.5 Å². The van der Waals surface area contributed by atoms with E-state index in [1.807, 2.05) is 9.80 Å². The molecule has 0 aromatic rings. The minimum absolute atomic E-state index is 0.138. The van der Waals surface area contributed by atoms with Crippen LogP contribution in [0.25, 0.3) is 0 Å². The normalized spacial score (nSPS) is 29.8. The first-order valence-corrected chi connectivity index (χ1v) is 7.79. The molecule has 3 aliphatic rings. The molecule has 5 nitrogen and oxygen atoms in total. The van der Waals surface area contributed by atoms with Crippen molar-refractivity contribution in [1.82, 2.24) is 9.80 Å². The Morgan fingerprint density at radius 2 is 2.00 bits per heavy atom. The van der Waals surface area contributed by atoms with Gasteiger partial charge < -0.3 is 14.5 Å². The van der Waals surface area contributed by atoms with Gasteiger partial charge in [-0.25, -0.2) is 0 Å². The molecule has 0 bridgehead atoms. The number of methoxy groups -OCH3 is 1. The van der Waals surface area contributed by atoms with E-state index in [1.165, 1.54) is 6.42 Å². The summed E-state index contributed by atoms with van der Waals surface area (Å²) in [5.41, 5.74) is -0.150. The monoisotopic (exact) mass is 280 g/mol. The lowest BCUT2D eigenvalue weighted by atomic mass is 9.79. The van der Waals surface area contributed by atoms with E-state index < -0.39 is 0 Å².